The van der Waals surface area contributed by atoms with Crippen molar-refractivity contribution in [3.05, 3.63) is 71.9 Å². The van der Waals surface area contributed by atoms with E-state index in [0.717, 1.165) is 27.8 Å². The molecule has 1 heterocycles. The third-order valence-electron chi connectivity index (χ3n) is 3.41. The normalized spacial score (nSPS) is 12.3. The largest absolute Gasteiger partial charge is 0.494 e. The van der Waals surface area contributed by atoms with E-state index in [4.69, 9.17) is 4.74 Å². The summed E-state index contributed by atoms with van der Waals surface area (Å²) in [6, 6.07) is 17.4. The topological polar surface area (TPSA) is 42.4 Å². The molecule has 3 rings (SSSR count). The third kappa shape index (κ3) is 2.88. The van der Waals surface area contributed by atoms with Gasteiger partial charge in [0.05, 0.1) is 12.1 Å². The number of rotatable bonds is 4. The second-order valence-corrected chi connectivity index (χ2v) is 4.87. The highest BCUT2D eigenvalue weighted by molar-refractivity contribution is 5.78. The maximum Gasteiger partial charge on any atom is 0.119 e. The van der Waals surface area contributed by atoms with Gasteiger partial charge in [-0.05, 0) is 36.8 Å². The van der Waals surface area contributed by atoms with Crippen molar-refractivity contribution in [1.29, 1.82) is 0 Å². The lowest BCUT2D eigenvalue weighted by Gasteiger charge is -2.13. The predicted molar refractivity (Wildman–Crippen MR) is 83.4 cm³/mol. The van der Waals surface area contributed by atoms with Crippen molar-refractivity contribution in [2.24, 2.45) is 0 Å². The van der Waals surface area contributed by atoms with Crippen molar-refractivity contribution in [2.45, 2.75) is 13.0 Å². The molecular formula is C18H17NO2. The summed E-state index contributed by atoms with van der Waals surface area (Å²) in [4.78, 5) is 4.40. The minimum Gasteiger partial charge on any atom is -0.494 e. The van der Waals surface area contributed by atoms with Gasteiger partial charge in [0, 0.05) is 17.1 Å². The molecule has 1 atom stereocenters. The average Bonchev–Trinajstić information content (AvgIpc) is 2.54. The number of ether oxygens (including phenoxy) is 1. The monoisotopic (exact) mass is 279 g/mol. The van der Waals surface area contributed by atoms with Gasteiger partial charge in [0.1, 0.15) is 11.9 Å². The van der Waals surface area contributed by atoms with Gasteiger partial charge >= 0.3 is 0 Å². The molecule has 0 saturated carbocycles. The lowest BCUT2D eigenvalue weighted by Crippen LogP contribution is -2.01. The Morgan fingerprint density at radius 1 is 1.05 bits per heavy atom. The van der Waals surface area contributed by atoms with Crippen molar-refractivity contribution in [2.75, 3.05) is 6.61 Å². The predicted octanol–water partition coefficient (Wildman–Crippen LogP) is 3.72. The summed E-state index contributed by atoms with van der Waals surface area (Å²) in [5, 5.41) is 11.6. The van der Waals surface area contributed by atoms with E-state index in [9.17, 15) is 5.11 Å². The fourth-order valence-corrected chi connectivity index (χ4v) is 2.37. The van der Waals surface area contributed by atoms with Crippen molar-refractivity contribution in [3.63, 3.8) is 0 Å². The summed E-state index contributed by atoms with van der Waals surface area (Å²) < 4.78 is 5.48. The van der Waals surface area contributed by atoms with Gasteiger partial charge < -0.3 is 9.84 Å². The summed E-state index contributed by atoms with van der Waals surface area (Å²) in [7, 11) is 0. The molecule has 0 bridgehead atoms. The number of aliphatic hydroxyl groups is 1. The number of para-hydroxylation sites is 1. The molecule has 0 aliphatic carbocycles. The summed E-state index contributed by atoms with van der Waals surface area (Å²) in [6.45, 7) is 2.55. The van der Waals surface area contributed by atoms with E-state index >= 15 is 0 Å². The van der Waals surface area contributed by atoms with Gasteiger partial charge in [0.15, 0.2) is 0 Å². The highest BCUT2D eigenvalue weighted by Crippen LogP contribution is 2.26. The van der Waals surface area contributed by atoms with E-state index in [1.54, 1.807) is 6.20 Å². The second kappa shape index (κ2) is 5.94. The molecule has 21 heavy (non-hydrogen) atoms. The van der Waals surface area contributed by atoms with Gasteiger partial charge in [0.25, 0.3) is 0 Å². The highest BCUT2D eigenvalue weighted by Gasteiger charge is 2.12. The van der Waals surface area contributed by atoms with Crippen LogP contribution in [0.25, 0.3) is 10.9 Å². The van der Waals surface area contributed by atoms with Crippen LogP contribution in [0.3, 0.4) is 0 Å². The van der Waals surface area contributed by atoms with Crippen LogP contribution in [0.1, 0.15) is 24.2 Å². The van der Waals surface area contributed by atoms with E-state index in [0.29, 0.717) is 6.61 Å². The molecule has 106 valence electrons. The molecule has 0 aliphatic rings. The second-order valence-electron chi connectivity index (χ2n) is 4.87. The Labute approximate surface area is 123 Å². The molecule has 3 nitrogen and oxygen atoms in total. The Morgan fingerprint density at radius 2 is 1.90 bits per heavy atom. The van der Waals surface area contributed by atoms with Crippen molar-refractivity contribution in [1.82, 2.24) is 4.98 Å². The average molecular weight is 279 g/mol. The number of aliphatic hydroxyl groups excluding tert-OH is 1. The fraction of sp³-hybridized carbons (Fsp3) is 0.167. The molecule has 0 fully saturated rings. The third-order valence-corrected chi connectivity index (χ3v) is 3.41. The first-order valence-corrected chi connectivity index (χ1v) is 7.03. The Morgan fingerprint density at radius 3 is 2.76 bits per heavy atom. The Balaban J connectivity index is 1.95. The number of hydrogen-bond donors (Lipinski definition) is 1. The molecule has 0 aliphatic heterocycles. The molecule has 3 heteroatoms. The standard InChI is InChI=1S/C18H17NO2/c1-2-21-16-8-5-7-14(11-16)18(20)15-10-13-6-3-4-9-17(13)19-12-15/h3-12,18,20H,2H2,1H3. The zero-order chi connectivity index (χ0) is 14.7. The first-order chi connectivity index (χ1) is 10.3. The van der Waals surface area contributed by atoms with Crippen LogP contribution in [-0.4, -0.2) is 16.7 Å². The maximum absolute atomic E-state index is 10.5. The van der Waals surface area contributed by atoms with Crippen LogP contribution in [0.15, 0.2) is 60.8 Å². The van der Waals surface area contributed by atoms with Crippen LogP contribution in [0, 0.1) is 0 Å². The maximum atomic E-state index is 10.5. The molecule has 1 unspecified atom stereocenters. The molecule has 0 spiro atoms. The lowest BCUT2D eigenvalue weighted by atomic mass is 10.0. The van der Waals surface area contributed by atoms with Crippen LogP contribution < -0.4 is 4.74 Å². The van der Waals surface area contributed by atoms with E-state index in [-0.39, 0.29) is 0 Å². The SMILES string of the molecule is CCOc1cccc(C(O)c2cnc3ccccc3c2)c1. The van der Waals surface area contributed by atoms with Crippen LogP contribution >= 0.6 is 0 Å². The summed E-state index contributed by atoms with van der Waals surface area (Å²) in [6.07, 6.45) is 1.02. The summed E-state index contributed by atoms with van der Waals surface area (Å²) in [5.74, 6) is 0.766. The lowest BCUT2D eigenvalue weighted by molar-refractivity contribution is 0.219. The van der Waals surface area contributed by atoms with E-state index in [1.165, 1.54) is 0 Å². The Hall–Kier alpha value is -2.39. The van der Waals surface area contributed by atoms with Crippen molar-refractivity contribution in [3.8, 4) is 5.75 Å². The first-order valence-electron chi connectivity index (χ1n) is 7.03. The molecule has 0 saturated heterocycles. The zero-order valence-corrected chi connectivity index (χ0v) is 11.9. The van der Waals surface area contributed by atoms with Crippen LogP contribution in [0.2, 0.25) is 0 Å². The minimum atomic E-state index is -0.706. The number of aromatic nitrogens is 1. The summed E-state index contributed by atoms with van der Waals surface area (Å²) in [5.41, 5.74) is 2.51. The first kappa shape index (κ1) is 13.6. The quantitative estimate of drug-likeness (QED) is 0.791. The van der Waals surface area contributed by atoms with Crippen LogP contribution in [0.4, 0.5) is 0 Å². The molecule has 0 amide bonds. The highest BCUT2D eigenvalue weighted by atomic mass is 16.5. The number of benzene rings is 2. The molecule has 2 aromatic carbocycles. The van der Waals surface area contributed by atoms with Crippen molar-refractivity contribution >= 4 is 10.9 Å². The fourth-order valence-electron chi connectivity index (χ4n) is 2.37. The van der Waals surface area contributed by atoms with Crippen molar-refractivity contribution < 1.29 is 9.84 Å². The molecule has 3 aromatic rings. The van der Waals surface area contributed by atoms with E-state index in [1.807, 2.05) is 61.5 Å². The van der Waals surface area contributed by atoms with Gasteiger partial charge in [-0.2, -0.15) is 0 Å². The van der Waals surface area contributed by atoms with Crippen LogP contribution in [-0.2, 0) is 0 Å². The summed E-state index contributed by atoms with van der Waals surface area (Å²) >= 11 is 0. The zero-order valence-electron chi connectivity index (χ0n) is 11.9. The smallest absolute Gasteiger partial charge is 0.119 e. The molecule has 1 aromatic heterocycles. The molecule has 1 N–H and O–H groups in total. The number of hydrogen-bond acceptors (Lipinski definition) is 3. The number of pyridine rings is 1. The van der Waals surface area contributed by atoms with E-state index < -0.39 is 6.10 Å². The van der Waals surface area contributed by atoms with Gasteiger partial charge in [-0.15, -0.1) is 0 Å². The molecular weight excluding hydrogens is 262 g/mol. The minimum absolute atomic E-state index is 0.608. The van der Waals surface area contributed by atoms with Gasteiger partial charge in [-0.1, -0.05) is 30.3 Å². The van der Waals surface area contributed by atoms with Gasteiger partial charge in [-0.3, -0.25) is 4.98 Å². The van der Waals surface area contributed by atoms with E-state index in [2.05, 4.69) is 4.98 Å². The van der Waals surface area contributed by atoms with Gasteiger partial charge in [0.2, 0.25) is 0 Å². The van der Waals surface area contributed by atoms with Gasteiger partial charge in [-0.25, -0.2) is 0 Å². The van der Waals surface area contributed by atoms with Crippen LogP contribution in [0.5, 0.6) is 5.75 Å². The Kier molecular flexibility index (Phi) is 3.84. The number of nitrogens with zero attached hydrogens (tertiary/aromatic N) is 1. The molecule has 0 radical (unpaired) electrons. The Bertz CT molecular complexity index is 755. The number of fused-ring (bicyclic) bond motifs is 1.